The summed E-state index contributed by atoms with van der Waals surface area (Å²) < 4.78 is 39.0. The lowest BCUT2D eigenvalue weighted by atomic mass is 10.1. The number of hydrogen-bond donors (Lipinski definition) is 2. The number of carbonyl (C=O) groups is 1. The van der Waals surface area contributed by atoms with Crippen molar-refractivity contribution < 1.29 is 17.6 Å². The molecule has 0 heterocycles. The van der Waals surface area contributed by atoms with Gasteiger partial charge in [-0.1, -0.05) is 6.07 Å². The van der Waals surface area contributed by atoms with Crippen LogP contribution in [0.25, 0.3) is 0 Å². The zero-order valence-corrected chi connectivity index (χ0v) is 15.3. The first-order chi connectivity index (χ1) is 10.7. The van der Waals surface area contributed by atoms with E-state index in [-0.39, 0.29) is 5.56 Å². The molecule has 8 heteroatoms. The minimum Gasteiger partial charge on any atom is -0.322 e. The smallest absolute Gasteiger partial charge is 0.256 e. The zero-order valence-electron chi connectivity index (χ0n) is 12.4. The van der Waals surface area contributed by atoms with Crippen LogP contribution in [0, 0.1) is 16.3 Å². The van der Waals surface area contributed by atoms with Gasteiger partial charge in [-0.15, -0.1) is 0 Å². The molecule has 0 radical (unpaired) electrons. The van der Waals surface area contributed by atoms with Crippen LogP contribution in [-0.4, -0.2) is 20.6 Å². The quantitative estimate of drug-likeness (QED) is 0.705. The fourth-order valence-corrected chi connectivity index (χ4v) is 3.08. The summed E-state index contributed by atoms with van der Waals surface area (Å²) >= 11 is 1.95. The molecule has 0 aliphatic heterocycles. The van der Waals surface area contributed by atoms with Crippen molar-refractivity contribution in [2.45, 2.75) is 6.92 Å². The zero-order chi connectivity index (χ0) is 17.2. The largest absolute Gasteiger partial charge is 0.322 e. The van der Waals surface area contributed by atoms with Gasteiger partial charge in [0, 0.05) is 9.26 Å². The van der Waals surface area contributed by atoms with E-state index in [1.54, 1.807) is 19.1 Å². The summed E-state index contributed by atoms with van der Waals surface area (Å²) in [6.45, 7) is 1.74. The minimum atomic E-state index is -3.42. The number of sulfonamides is 1. The second-order valence-corrected chi connectivity index (χ2v) is 7.89. The molecule has 0 saturated carbocycles. The molecule has 0 saturated heterocycles. The van der Waals surface area contributed by atoms with Crippen LogP contribution in [0.3, 0.4) is 0 Å². The maximum atomic E-state index is 13.3. The van der Waals surface area contributed by atoms with E-state index in [1.165, 1.54) is 18.2 Å². The Morgan fingerprint density at radius 3 is 2.52 bits per heavy atom. The van der Waals surface area contributed by atoms with E-state index in [4.69, 9.17) is 0 Å². The fraction of sp³-hybridized carbons (Fsp3) is 0.133. The highest BCUT2D eigenvalue weighted by atomic mass is 127. The van der Waals surface area contributed by atoms with Crippen molar-refractivity contribution in [3.63, 3.8) is 0 Å². The van der Waals surface area contributed by atoms with Crippen LogP contribution in [0.5, 0.6) is 0 Å². The van der Waals surface area contributed by atoms with Gasteiger partial charge in [-0.3, -0.25) is 9.52 Å². The molecule has 5 nitrogen and oxygen atoms in total. The third-order valence-corrected chi connectivity index (χ3v) is 4.50. The van der Waals surface area contributed by atoms with Crippen LogP contribution in [0.4, 0.5) is 15.8 Å². The molecule has 23 heavy (non-hydrogen) atoms. The van der Waals surface area contributed by atoms with Crippen LogP contribution in [0.15, 0.2) is 36.4 Å². The van der Waals surface area contributed by atoms with Gasteiger partial charge < -0.3 is 5.32 Å². The molecule has 2 N–H and O–H groups in total. The van der Waals surface area contributed by atoms with Gasteiger partial charge >= 0.3 is 0 Å². The number of hydrogen-bond acceptors (Lipinski definition) is 3. The molecule has 2 rings (SSSR count). The van der Waals surface area contributed by atoms with Crippen molar-refractivity contribution in [3.05, 3.63) is 56.9 Å². The van der Waals surface area contributed by atoms with Gasteiger partial charge in [0.1, 0.15) is 5.82 Å². The van der Waals surface area contributed by atoms with E-state index < -0.39 is 21.7 Å². The van der Waals surface area contributed by atoms with Gasteiger partial charge in [-0.2, -0.15) is 0 Å². The Hall–Kier alpha value is -1.68. The molecule has 0 atom stereocenters. The predicted molar refractivity (Wildman–Crippen MR) is 96.7 cm³/mol. The number of nitrogens with one attached hydrogen (secondary N) is 2. The molecule has 1 amide bonds. The Morgan fingerprint density at radius 2 is 1.87 bits per heavy atom. The Morgan fingerprint density at radius 1 is 1.17 bits per heavy atom. The number of anilines is 2. The summed E-state index contributed by atoms with van der Waals surface area (Å²) in [4.78, 5) is 12.2. The second-order valence-electron chi connectivity index (χ2n) is 4.98. The Balaban J connectivity index is 2.28. The molecule has 0 bridgehead atoms. The van der Waals surface area contributed by atoms with Crippen LogP contribution in [0.1, 0.15) is 15.9 Å². The lowest BCUT2D eigenvalue weighted by Gasteiger charge is -2.12. The van der Waals surface area contributed by atoms with Gasteiger partial charge in [-0.25, -0.2) is 12.8 Å². The SMILES string of the molecule is Cc1ccc(NC(=O)c2cc(F)ccc2I)cc1NS(C)(=O)=O. The van der Waals surface area contributed by atoms with Crippen molar-refractivity contribution in [3.8, 4) is 0 Å². The molecule has 0 spiro atoms. The van der Waals surface area contributed by atoms with E-state index in [0.29, 0.717) is 20.5 Å². The average molecular weight is 448 g/mol. The molecule has 0 unspecified atom stereocenters. The lowest BCUT2D eigenvalue weighted by Crippen LogP contribution is -2.15. The normalized spacial score (nSPS) is 11.1. The molecular weight excluding hydrogens is 434 g/mol. The van der Waals surface area contributed by atoms with E-state index in [0.717, 1.165) is 12.3 Å². The molecule has 122 valence electrons. The maximum Gasteiger partial charge on any atom is 0.256 e. The van der Waals surface area contributed by atoms with Gasteiger partial charge in [0.05, 0.1) is 17.5 Å². The summed E-state index contributed by atoms with van der Waals surface area (Å²) in [5.41, 5.74) is 1.71. The molecule has 0 aliphatic rings. The summed E-state index contributed by atoms with van der Waals surface area (Å²) in [5.74, 6) is -0.970. The Kier molecular flexibility index (Phi) is 5.25. The molecule has 2 aromatic carbocycles. The van der Waals surface area contributed by atoms with Crippen molar-refractivity contribution in [2.24, 2.45) is 0 Å². The van der Waals surface area contributed by atoms with Gasteiger partial charge in [0.15, 0.2) is 0 Å². The van der Waals surface area contributed by atoms with Crippen molar-refractivity contribution >= 4 is 49.9 Å². The van der Waals surface area contributed by atoms with E-state index in [2.05, 4.69) is 10.0 Å². The topological polar surface area (TPSA) is 75.3 Å². The predicted octanol–water partition coefficient (Wildman–Crippen LogP) is 3.36. The minimum absolute atomic E-state index is 0.212. The molecule has 2 aromatic rings. The standard InChI is InChI=1S/C15H14FIN2O3S/c1-9-3-5-11(8-14(9)19-23(2,21)22)18-15(20)12-7-10(16)4-6-13(12)17/h3-8,19H,1-2H3,(H,18,20). The van der Waals surface area contributed by atoms with Crippen molar-refractivity contribution in [2.75, 3.05) is 16.3 Å². The summed E-state index contributed by atoms with van der Waals surface area (Å²) in [6, 6.07) is 8.78. The highest BCUT2D eigenvalue weighted by molar-refractivity contribution is 14.1. The summed E-state index contributed by atoms with van der Waals surface area (Å²) in [5, 5.41) is 2.63. The summed E-state index contributed by atoms with van der Waals surface area (Å²) in [7, 11) is -3.42. The van der Waals surface area contributed by atoms with Crippen molar-refractivity contribution in [1.29, 1.82) is 0 Å². The highest BCUT2D eigenvalue weighted by Crippen LogP contribution is 2.22. The number of benzene rings is 2. The fourth-order valence-electron chi connectivity index (χ4n) is 1.88. The number of rotatable bonds is 4. The number of halogens is 2. The van der Waals surface area contributed by atoms with E-state index in [9.17, 15) is 17.6 Å². The Labute approximate surface area is 147 Å². The lowest BCUT2D eigenvalue weighted by molar-refractivity contribution is 0.102. The molecular formula is C15H14FIN2O3S. The van der Waals surface area contributed by atoms with E-state index >= 15 is 0 Å². The maximum absolute atomic E-state index is 13.3. The number of carbonyl (C=O) groups excluding carboxylic acids is 1. The average Bonchev–Trinajstić information content (AvgIpc) is 2.43. The Bertz CT molecular complexity index is 869. The molecule has 0 aliphatic carbocycles. The first kappa shape index (κ1) is 17.7. The third kappa shape index (κ3) is 4.90. The van der Waals surface area contributed by atoms with Crippen LogP contribution >= 0.6 is 22.6 Å². The van der Waals surface area contributed by atoms with Gasteiger partial charge in [0.25, 0.3) is 5.91 Å². The van der Waals surface area contributed by atoms with Crippen LogP contribution in [0.2, 0.25) is 0 Å². The van der Waals surface area contributed by atoms with Gasteiger partial charge in [0.2, 0.25) is 10.0 Å². The highest BCUT2D eigenvalue weighted by Gasteiger charge is 2.13. The first-order valence-corrected chi connectivity index (χ1v) is 9.47. The van der Waals surface area contributed by atoms with Crippen LogP contribution in [-0.2, 0) is 10.0 Å². The number of amides is 1. The third-order valence-electron chi connectivity index (χ3n) is 2.96. The monoisotopic (exact) mass is 448 g/mol. The van der Waals surface area contributed by atoms with E-state index in [1.807, 2.05) is 22.6 Å². The number of aryl methyl sites for hydroxylation is 1. The first-order valence-electron chi connectivity index (χ1n) is 6.50. The van der Waals surface area contributed by atoms with Gasteiger partial charge in [-0.05, 0) is 65.4 Å². The van der Waals surface area contributed by atoms with Crippen molar-refractivity contribution in [1.82, 2.24) is 0 Å². The summed E-state index contributed by atoms with van der Waals surface area (Å²) in [6.07, 6.45) is 1.05. The molecule has 0 fully saturated rings. The second kappa shape index (κ2) is 6.83. The van der Waals surface area contributed by atoms with Crippen LogP contribution < -0.4 is 10.0 Å². The molecule has 0 aromatic heterocycles.